The van der Waals surface area contributed by atoms with E-state index in [-0.39, 0.29) is 24.8 Å². The number of imide groups is 1. The summed E-state index contributed by atoms with van der Waals surface area (Å²) in [4.78, 5) is 46.8. The molecule has 0 aromatic carbocycles. The quantitative estimate of drug-likeness (QED) is 0.0549. The third kappa shape index (κ3) is 32.7. The van der Waals surface area contributed by atoms with Gasteiger partial charge in [0.15, 0.2) is 0 Å². The Hall–Kier alpha value is -2.66. The van der Waals surface area contributed by atoms with Gasteiger partial charge in [-0.1, -0.05) is 0 Å². The summed E-state index contributed by atoms with van der Waals surface area (Å²) in [5.41, 5.74) is 0. The molecule has 0 aliphatic carbocycles. The molecule has 0 bridgehead atoms. The predicted molar refractivity (Wildman–Crippen MR) is 192 cm³/mol. The average Bonchev–Trinajstić information content (AvgIpc) is 3.50. The van der Waals surface area contributed by atoms with Crippen LogP contribution < -0.4 is 10.6 Å². The van der Waals surface area contributed by atoms with Gasteiger partial charge in [0.2, 0.25) is 11.8 Å². The van der Waals surface area contributed by atoms with Crippen LogP contribution in [0.3, 0.4) is 0 Å². The van der Waals surface area contributed by atoms with E-state index in [9.17, 15) is 19.2 Å². The molecule has 1 heterocycles. The molecule has 0 aromatic rings. The highest BCUT2D eigenvalue weighted by Gasteiger charge is 2.23. The van der Waals surface area contributed by atoms with Crippen molar-refractivity contribution >= 4 is 23.6 Å². The zero-order valence-electron chi connectivity index (χ0n) is 31.9. The van der Waals surface area contributed by atoms with Crippen molar-refractivity contribution in [2.75, 3.05) is 179 Å². The van der Waals surface area contributed by atoms with Gasteiger partial charge in [-0.3, -0.25) is 24.1 Å². The molecule has 0 atom stereocenters. The van der Waals surface area contributed by atoms with Crippen LogP contribution in [0.25, 0.3) is 0 Å². The first-order chi connectivity index (χ1) is 26.5. The molecule has 0 aromatic heterocycles. The van der Waals surface area contributed by atoms with Crippen LogP contribution in [0.2, 0.25) is 0 Å². The van der Waals surface area contributed by atoms with Gasteiger partial charge in [0, 0.05) is 45.1 Å². The summed E-state index contributed by atoms with van der Waals surface area (Å²) in [6.45, 7) is 11.2. The van der Waals surface area contributed by atoms with Crippen LogP contribution in [0.5, 0.6) is 0 Å². The lowest BCUT2D eigenvalue weighted by molar-refractivity contribution is -0.137. The largest absolute Gasteiger partial charge is 0.379 e. The van der Waals surface area contributed by atoms with E-state index >= 15 is 0 Å². The minimum atomic E-state index is -0.400. The fourth-order valence-electron chi connectivity index (χ4n) is 4.03. The van der Waals surface area contributed by atoms with E-state index < -0.39 is 11.8 Å². The van der Waals surface area contributed by atoms with Gasteiger partial charge in [-0.15, -0.1) is 0 Å². The highest BCUT2D eigenvalue weighted by molar-refractivity contribution is 6.13. The number of hydrogen-bond donors (Lipinski definition) is 2. The maximum Gasteiger partial charge on any atom is 0.253 e. The van der Waals surface area contributed by atoms with E-state index in [4.69, 9.17) is 56.8 Å². The molecule has 1 aliphatic heterocycles. The van der Waals surface area contributed by atoms with E-state index in [0.29, 0.717) is 172 Å². The Kier molecular flexibility index (Phi) is 35.3. The van der Waals surface area contributed by atoms with Crippen LogP contribution in [0, 0.1) is 0 Å². The van der Waals surface area contributed by atoms with Crippen molar-refractivity contribution in [1.82, 2.24) is 15.5 Å². The highest BCUT2D eigenvalue weighted by atomic mass is 16.6. The monoisotopic (exact) mass is 781 g/mol. The predicted octanol–water partition coefficient (Wildman–Crippen LogP) is -1.25. The Labute approximate surface area is 318 Å². The second-order valence-corrected chi connectivity index (χ2v) is 11.0. The number of nitrogens with zero attached hydrogens (tertiary/aromatic N) is 1. The van der Waals surface area contributed by atoms with Crippen molar-refractivity contribution in [2.24, 2.45) is 0 Å². The van der Waals surface area contributed by atoms with E-state index in [1.165, 1.54) is 12.2 Å². The lowest BCUT2D eigenvalue weighted by Gasteiger charge is -2.13. The summed E-state index contributed by atoms with van der Waals surface area (Å²) in [6.07, 6.45) is 2.78. The molecule has 0 radical (unpaired) electrons. The summed E-state index contributed by atoms with van der Waals surface area (Å²) >= 11 is 0. The molecule has 4 amide bonds. The summed E-state index contributed by atoms with van der Waals surface area (Å²) in [6, 6.07) is 0. The number of amides is 4. The van der Waals surface area contributed by atoms with Gasteiger partial charge in [0.25, 0.3) is 11.8 Å². The van der Waals surface area contributed by atoms with Gasteiger partial charge in [-0.25, -0.2) is 0 Å². The summed E-state index contributed by atoms with van der Waals surface area (Å²) in [5.74, 6) is -1.10. The van der Waals surface area contributed by atoms with Gasteiger partial charge in [0.05, 0.1) is 159 Å². The van der Waals surface area contributed by atoms with Crippen LogP contribution in [-0.2, 0) is 76.0 Å². The van der Waals surface area contributed by atoms with Gasteiger partial charge in [-0.2, -0.15) is 0 Å². The minimum absolute atomic E-state index is 0.0438. The normalized spacial score (nSPS) is 12.6. The molecule has 0 saturated carbocycles. The van der Waals surface area contributed by atoms with Crippen LogP contribution in [0.15, 0.2) is 12.2 Å². The van der Waals surface area contributed by atoms with E-state index in [2.05, 4.69) is 10.6 Å². The number of carbonyl (C=O) groups excluding carboxylic acids is 4. The van der Waals surface area contributed by atoms with Gasteiger partial charge in [-0.05, 0) is 0 Å². The van der Waals surface area contributed by atoms with Gasteiger partial charge >= 0.3 is 0 Å². The Morgan fingerprint density at radius 2 is 0.704 bits per heavy atom. The fourth-order valence-corrected chi connectivity index (χ4v) is 4.03. The number of hydrogen-bond acceptors (Lipinski definition) is 16. The topological polar surface area (TPSA) is 206 Å². The smallest absolute Gasteiger partial charge is 0.253 e. The molecule has 0 unspecified atom stereocenters. The molecular weight excluding hydrogens is 718 g/mol. The molecule has 19 heteroatoms. The van der Waals surface area contributed by atoms with E-state index in [1.54, 1.807) is 7.05 Å². The molecule has 54 heavy (non-hydrogen) atoms. The van der Waals surface area contributed by atoms with Crippen molar-refractivity contribution in [3.05, 3.63) is 12.2 Å². The van der Waals surface area contributed by atoms with Crippen molar-refractivity contribution in [1.29, 1.82) is 0 Å². The third-order valence-electron chi connectivity index (χ3n) is 6.88. The Morgan fingerprint density at radius 1 is 0.426 bits per heavy atom. The lowest BCUT2D eigenvalue weighted by atomic mass is 10.3. The second-order valence-electron chi connectivity index (χ2n) is 11.0. The first-order valence-corrected chi connectivity index (χ1v) is 18.5. The number of nitrogens with one attached hydrogen (secondary N) is 2. The second kappa shape index (κ2) is 38.6. The number of rotatable bonds is 42. The Bertz CT molecular complexity index is 943. The van der Waals surface area contributed by atoms with Gasteiger partial charge in [0.1, 0.15) is 0 Å². The Balaban J connectivity index is 1.64. The first kappa shape index (κ1) is 49.4. The molecule has 0 spiro atoms. The summed E-state index contributed by atoms with van der Waals surface area (Å²) in [5, 5.41) is 5.21. The van der Waals surface area contributed by atoms with Crippen molar-refractivity contribution in [3.8, 4) is 0 Å². The lowest BCUT2D eigenvalue weighted by Crippen LogP contribution is -2.35. The summed E-state index contributed by atoms with van der Waals surface area (Å²) in [7, 11) is 1.60. The maximum absolute atomic E-state index is 11.8. The molecule has 314 valence electrons. The van der Waals surface area contributed by atoms with Crippen molar-refractivity contribution < 1.29 is 76.0 Å². The van der Waals surface area contributed by atoms with Crippen molar-refractivity contribution in [3.63, 3.8) is 0 Å². The highest BCUT2D eigenvalue weighted by Crippen LogP contribution is 2.04. The number of ether oxygens (including phenoxy) is 12. The van der Waals surface area contributed by atoms with E-state index in [0.717, 1.165) is 4.90 Å². The maximum atomic E-state index is 11.8. The standard InChI is InChI=1S/C35H63N3O16/c1-36-32(39)5-8-43-10-12-45-14-16-47-18-20-49-22-24-51-26-28-53-30-31-54-29-27-52-25-23-50-21-19-48-17-15-46-13-11-44-9-6-37-33(40)4-7-38-34(41)2-3-35(38)42/h2-3H,4-31H2,1H3,(H,36,39)(H,37,40). The molecule has 2 N–H and O–H groups in total. The average molecular weight is 782 g/mol. The SMILES string of the molecule is CNC(=O)CCOCCOCCOCCOCCOCCOCCOCCOCCOCCOCCOCCOCCNC(=O)CCN1C(=O)C=CC1=O. The van der Waals surface area contributed by atoms with Crippen LogP contribution in [-0.4, -0.2) is 207 Å². The molecular formula is C35H63N3O16. The van der Waals surface area contributed by atoms with Gasteiger partial charge < -0.3 is 67.5 Å². The molecule has 19 nitrogen and oxygen atoms in total. The molecule has 0 saturated heterocycles. The molecule has 0 fully saturated rings. The zero-order valence-corrected chi connectivity index (χ0v) is 31.9. The van der Waals surface area contributed by atoms with E-state index in [1.807, 2.05) is 0 Å². The summed E-state index contributed by atoms with van der Waals surface area (Å²) < 4.78 is 65.2. The first-order valence-electron chi connectivity index (χ1n) is 18.5. The van der Waals surface area contributed by atoms with Crippen molar-refractivity contribution in [2.45, 2.75) is 12.8 Å². The van der Waals surface area contributed by atoms with Crippen LogP contribution in [0.1, 0.15) is 12.8 Å². The minimum Gasteiger partial charge on any atom is -0.379 e. The fraction of sp³-hybridized carbons (Fsp3) is 0.829. The van der Waals surface area contributed by atoms with Crippen LogP contribution in [0.4, 0.5) is 0 Å². The zero-order chi connectivity index (χ0) is 39.0. The molecule has 1 rings (SSSR count). The van der Waals surface area contributed by atoms with Crippen LogP contribution >= 0.6 is 0 Å². The molecule has 1 aliphatic rings. The number of carbonyl (C=O) groups is 4. The third-order valence-corrected chi connectivity index (χ3v) is 6.88. The Morgan fingerprint density at radius 3 is 1.00 bits per heavy atom.